The second-order valence-corrected chi connectivity index (χ2v) is 8.37. The molecule has 0 N–H and O–H groups in total. The van der Waals surface area contributed by atoms with Crippen molar-refractivity contribution < 1.29 is 9.18 Å². The van der Waals surface area contributed by atoms with Gasteiger partial charge in [-0.3, -0.25) is 9.78 Å². The van der Waals surface area contributed by atoms with Crippen LogP contribution in [0.5, 0.6) is 0 Å². The van der Waals surface area contributed by atoms with Gasteiger partial charge < -0.3 is 4.90 Å². The van der Waals surface area contributed by atoms with Gasteiger partial charge in [0.2, 0.25) is 5.91 Å². The molecule has 2 aromatic carbocycles. The number of carbonyl (C=O) groups excluding carboxylic acids is 1. The van der Waals surface area contributed by atoms with Crippen molar-refractivity contribution in [2.45, 2.75) is 51.1 Å². The molecule has 1 unspecified atom stereocenters. The lowest BCUT2D eigenvalue weighted by Gasteiger charge is -2.36. The quantitative estimate of drug-likeness (QED) is 0.444. The normalized spacial score (nSPS) is 15.0. The van der Waals surface area contributed by atoms with Crippen LogP contribution in [-0.2, 0) is 17.8 Å². The van der Waals surface area contributed by atoms with Crippen LogP contribution < -0.4 is 0 Å². The number of hydrogen-bond acceptors (Lipinski definition) is 2. The minimum Gasteiger partial charge on any atom is -0.329 e. The number of nitrogens with zero attached hydrogens (tertiary/aromatic N) is 2. The topological polar surface area (TPSA) is 33.2 Å². The Labute approximate surface area is 183 Å². The Morgan fingerprint density at radius 2 is 1.68 bits per heavy atom. The van der Waals surface area contributed by atoms with Gasteiger partial charge in [0.05, 0.1) is 18.3 Å². The maximum Gasteiger partial charge on any atom is 0.223 e. The summed E-state index contributed by atoms with van der Waals surface area (Å²) in [5, 5.41) is 0. The van der Waals surface area contributed by atoms with E-state index in [-0.39, 0.29) is 17.8 Å². The Morgan fingerprint density at radius 3 is 2.35 bits per heavy atom. The first-order valence-electron chi connectivity index (χ1n) is 11.2. The first kappa shape index (κ1) is 21.2. The van der Waals surface area contributed by atoms with Gasteiger partial charge in [-0.2, -0.15) is 0 Å². The van der Waals surface area contributed by atoms with Crippen LogP contribution in [0.25, 0.3) is 0 Å². The Morgan fingerprint density at radius 1 is 0.968 bits per heavy atom. The number of carbonyl (C=O) groups is 1. The van der Waals surface area contributed by atoms with Crippen molar-refractivity contribution in [2.24, 2.45) is 5.92 Å². The number of aromatic nitrogens is 1. The van der Waals surface area contributed by atoms with Gasteiger partial charge >= 0.3 is 0 Å². The third kappa shape index (κ3) is 5.57. The molecule has 3 aromatic rings. The molecular formula is C27H29FN2O. The van der Waals surface area contributed by atoms with E-state index in [0.29, 0.717) is 25.3 Å². The van der Waals surface area contributed by atoms with Gasteiger partial charge in [-0.1, -0.05) is 61.4 Å². The molecule has 1 amide bonds. The van der Waals surface area contributed by atoms with Crippen LogP contribution in [0, 0.1) is 11.7 Å². The second-order valence-electron chi connectivity index (χ2n) is 8.37. The van der Waals surface area contributed by atoms with Gasteiger partial charge in [0.1, 0.15) is 5.82 Å². The summed E-state index contributed by atoms with van der Waals surface area (Å²) in [4.78, 5) is 20.1. The van der Waals surface area contributed by atoms with Crippen LogP contribution in [0.3, 0.4) is 0 Å². The second kappa shape index (κ2) is 10.3. The average molecular weight is 417 g/mol. The van der Waals surface area contributed by atoms with Gasteiger partial charge in [-0.15, -0.1) is 0 Å². The third-order valence-electron chi connectivity index (χ3n) is 6.24. The molecular weight excluding hydrogens is 387 g/mol. The molecule has 0 radical (unpaired) electrons. The van der Waals surface area contributed by atoms with E-state index in [1.54, 1.807) is 18.3 Å². The summed E-state index contributed by atoms with van der Waals surface area (Å²) in [6.45, 7) is 0.499. The van der Waals surface area contributed by atoms with E-state index in [0.717, 1.165) is 24.1 Å². The molecule has 1 saturated carbocycles. The highest BCUT2D eigenvalue weighted by atomic mass is 19.1. The lowest BCUT2D eigenvalue weighted by atomic mass is 9.89. The molecule has 3 nitrogen and oxygen atoms in total. The van der Waals surface area contributed by atoms with Crippen molar-refractivity contribution in [2.75, 3.05) is 0 Å². The van der Waals surface area contributed by atoms with E-state index in [1.807, 2.05) is 29.2 Å². The third-order valence-corrected chi connectivity index (χ3v) is 6.24. The van der Waals surface area contributed by atoms with Gasteiger partial charge in [0.25, 0.3) is 0 Å². The van der Waals surface area contributed by atoms with Crippen LogP contribution in [0.15, 0.2) is 79.0 Å². The highest BCUT2D eigenvalue weighted by Crippen LogP contribution is 2.40. The van der Waals surface area contributed by atoms with Crippen LogP contribution >= 0.6 is 0 Å². The molecule has 0 saturated heterocycles. The lowest BCUT2D eigenvalue weighted by Crippen LogP contribution is -2.38. The van der Waals surface area contributed by atoms with Gasteiger partial charge in [-0.05, 0) is 60.6 Å². The van der Waals surface area contributed by atoms with Crippen LogP contribution in [0.4, 0.5) is 4.39 Å². The largest absolute Gasteiger partial charge is 0.329 e. The molecule has 1 atom stereocenters. The average Bonchev–Trinajstić information content (AvgIpc) is 3.34. The summed E-state index contributed by atoms with van der Waals surface area (Å²) in [7, 11) is 0. The summed E-state index contributed by atoms with van der Waals surface area (Å²) >= 11 is 0. The zero-order valence-electron chi connectivity index (χ0n) is 17.8. The fourth-order valence-corrected chi connectivity index (χ4v) is 4.68. The molecule has 1 heterocycles. The zero-order chi connectivity index (χ0) is 21.5. The molecule has 0 spiro atoms. The van der Waals surface area contributed by atoms with Gasteiger partial charge in [0, 0.05) is 12.6 Å². The van der Waals surface area contributed by atoms with Crippen molar-refractivity contribution in [3.05, 3.63) is 102 Å². The van der Waals surface area contributed by atoms with Gasteiger partial charge in [-0.25, -0.2) is 4.39 Å². The lowest BCUT2D eigenvalue weighted by molar-refractivity contribution is -0.135. The summed E-state index contributed by atoms with van der Waals surface area (Å²) in [6, 6.07) is 22.7. The van der Waals surface area contributed by atoms with Crippen LogP contribution in [0.1, 0.15) is 55.0 Å². The fourth-order valence-electron chi connectivity index (χ4n) is 4.68. The highest BCUT2D eigenvalue weighted by Gasteiger charge is 2.33. The van der Waals surface area contributed by atoms with E-state index in [1.165, 1.54) is 30.5 Å². The number of aryl methyl sites for hydroxylation is 1. The van der Waals surface area contributed by atoms with Crippen molar-refractivity contribution in [3.8, 4) is 0 Å². The van der Waals surface area contributed by atoms with Crippen molar-refractivity contribution >= 4 is 5.91 Å². The van der Waals surface area contributed by atoms with E-state index in [2.05, 4.69) is 29.2 Å². The van der Waals surface area contributed by atoms with Crippen molar-refractivity contribution in [3.63, 3.8) is 0 Å². The number of rotatable bonds is 8. The smallest absolute Gasteiger partial charge is 0.223 e. The maximum absolute atomic E-state index is 13.6. The molecule has 0 aliphatic heterocycles. The molecule has 0 bridgehead atoms. The molecule has 1 aliphatic rings. The van der Waals surface area contributed by atoms with Crippen LogP contribution in [0.2, 0.25) is 0 Å². The Bertz CT molecular complexity index is 954. The molecule has 31 heavy (non-hydrogen) atoms. The summed E-state index contributed by atoms with van der Waals surface area (Å²) in [5.41, 5.74) is 3.07. The first-order chi connectivity index (χ1) is 15.2. The monoisotopic (exact) mass is 416 g/mol. The van der Waals surface area contributed by atoms with Crippen molar-refractivity contribution in [1.29, 1.82) is 0 Å². The summed E-state index contributed by atoms with van der Waals surface area (Å²) < 4.78 is 13.2. The molecule has 4 rings (SSSR count). The predicted molar refractivity (Wildman–Crippen MR) is 121 cm³/mol. The van der Waals surface area contributed by atoms with Gasteiger partial charge in [0.15, 0.2) is 0 Å². The van der Waals surface area contributed by atoms with Crippen LogP contribution in [-0.4, -0.2) is 15.8 Å². The molecule has 160 valence electrons. The standard InChI is InChI=1S/C27H29FN2O/c28-24-16-13-21(14-17-24)15-18-26(31)30(20-25-12-6-7-19-29-25)27(23-10-4-5-11-23)22-8-2-1-3-9-22/h1-3,6-9,12-14,16-17,19,23,27H,4-5,10-11,15,18,20H2. The number of halogens is 1. The highest BCUT2D eigenvalue weighted by molar-refractivity contribution is 5.77. The Hall–Kier alpha value is -3.01. The first-order valence-corrected chi connectivity index (χ1v) is 11.2. The Kier molecular flexibility index (Phi) is 7.08. The molecule has 1 aromatic heterocycles. The minimum absolute atomic E-state index is 0.0476. The zero-order valence-corrected chi connectivity index (χ0v) is 17.8. The fraction of sp³-hybridized carbons (Fsp3) is 0.333. The Balaban J connectivity index is 1.61. The van der Waals surface area contributed by atoms with E-state index >= 15 is 0 Å². The predicted octanol–water partition coefficient (Wildman–Crippen LogP) is 6.11. The van der Waals surface area contributed by atoms with E-state index < -0.39 is 0 Å². The molecule has 1 fully saturated rings. The number of benzene rings is 2. The van der Waals surface area contributed by atoms with E-state index in [4.69, 9.17) is 0 Å². The molecule has 1 aliphatic carbocycles. The number of pyridine rings is 1. The van der Waals surface area contributed by atoms with Crippen molar-refractivity contribution in [1.82, 2.24) is 9.88 Å². The number of amides is 1. The van der Waals surface area contributed by atoms with E-state index in [9.17, 15) is 9.18 Å². The SMILES string of the molecule is O=C(CCc1ccc(F)cc1)N(Cc1ccccn1)C(c1ccccc1)C1CCCC1. The summed E-state index contributed by atoms with van der Waals surface area (Å²) in [6.07, 6.45) is 7.50. The summed E-state index contributed by atoms with van der Waals surface area (Å²) in [5.74, 6) is 0.328. The molecule has 4 heteroatoms. The minimum atomic E-state index is -0.253. The maximum atomic E-state index is 13.6. The number of hydrogen-bond donors (Lipinski definition) is 0.